The maximum atomic E-state index is 13.8. The largest absolute Gasteiger partial charge is 0.361 e. The van der Waals surface area contributed by atoms with E-state index in [1.807, 2.05) is 18.6 Å². The molecule has 7 unspecified atom stereocenters. The second kappa shape index (κ2) is 9.23. The summed E-state index contributed by atoms with van der Waals surface area (Å²) in [4.78, 5) is 41.3. The van der Waals surface area contributed by atoms with Crippen molar-refractivity contribution in [2.45, 2.75) is 71.4 Å². The molecular formula is C26H34FN3O4. The number of nitrogens with one attached hydrogen (secondary N) is 3. The van der Waals surface area contributed by atoms with Gasteiger partial charge in [-0.15, -0.1) is 0 Å². The fraction of sp³-hybridized carbons (Fsp3) is 0.577. The molecule has 1 heterocycles. The third-order valence-electron chi connectivity index (χ3n) is 8.32. The Bertz CT molecular complexity index is 1110. The Hall–Kier alpha value is -2.58. The minimum Gasteiger partial charge on any atom is -0.361 e. The molecule has 7 atom stereocenters. The van der Waals surface area contributed by atoms with Gasteiger partial charge in [-0.1, -0.05) is 6.92 Å². The molecule has 4 rings (SSSR count). The lowest BCUT2D eigenvalue weighted by Gasteiger charge is -2.36. The average molecular weight is 472 g/mol. The highest BCUT2D eigenvalue weighted by Gasteiger charge is 2.59. The third kappa shape index (κ3) is 4.18. The van der Waals surface area contributed by atoms with Crippen molar-refractivity contribution in [3.8, 4) is 0 Å². The Morgan fingerprint density at radius 2 is 2.00 bits per heavy atom. The molecular weight excluding hydrogens is 437 g/mol. The van der Waals surface area contributed by atoms with E-state index in [9.17, 15) is 18.8 Å². The summed E-state index contributed by atoms with van der Waals surface area (Å²) >= 11 is 0. The highest BCUT2D eigenvalue weighted by molar-refractivity contribution is 5.94. The van der Waals surface area contributed by atoms with Gasteiger partial charge < -0.3 is 20.3 Å². The molecule has 8 heteroatoms. The Kier molecular flexibility index (Phi) is 6.66. The molecule has 1 aromatic carbocycles. The predicted molar refractivity (Wildman–Crippen MR) is 126 cm³/mol. The Labute approximate surface area is 198 Å². The van der Waals surface area contributed by atoms with E-state index in [1.54, 1.807) is 19.9 Å². The van der Waals surface area contributed by atoms with Gasteiger partial charge in [0, 0.05) is 28.9 Å². The number of carbonyl (C=O) groups is 3. The first kappa shape index (κ1) is 24.5. The molecule has 0 saturated heterocycles. The normalized spacial score (nSPS) is 30.2. The van der Waals surface area contributed by atoms with Crippen molar-refractivity contribution in [2.75, 3.05) is 0 Å². The van der Waals surface area contributed by atoms with Crippen LogP contribution in [0.4, 0.5) is 4.39 Å². The van der Waals surface area contributed by atoms with Gasteiger partial charge in [-0.2, -0.15) is 5.48 Å². The fourth-order valence-electron chi connectivity index (χ4n) is 6.80. The van der Waals surface area contributed by atoms with Crippen LogP contribution in [0.2, 0.25) is 0 Å². The smallest absolute Gasteiger partial charge is 0.239 e. The maximum absolute atomic E-state index is 13.8. The second-order valence-corrected chi connectivity index (χ2v) is 10.5. The second-order valence-electron chi connectivity index (χ2n) is 10.5. The van der Waals surface area contributed by atoms with Crippen molar-refractivity contribution < 1.29 is 24.0 Å². The molecule has 2 fully saturated rings. The van der Waals surface area contributed by atoms with Gasteiger partial charge in [0.1, 0.15) is 17.6 Å². The monoisotopic (exact) mass is 471 g/mol. The van der Waals surface area contributed by atoms with Crippen molar-refractivity contribution in [2.24, 2.45) is 23.2 Å². The van der Waals surface area contributed by atoms with Gasteiger partial charge >= 0.3 is 0 Å². The number of amides is 1. The molecule has 0 bridgehead atoms. The lowest BCUT2D eigenvalue weighted by Crippen LogP contribution is -2.51. The zero-order valence-electron chi connectivity index (χ0n) is 20.2. The number of Topliss-reactive ketones (excluding diaryl/α,β-unsaturated/α-hetero) is 2. The summed E-state index contributed by atoms with van der Waals surface area (Å²) in [6.45, 7) is 6.81. The van der Waals surface area contributed by atoms with E-state index in [1.165, 1.54) is 19.1 Å². The molecule has 2 aliphatic carbocycles. The number of ketones is 2. The van der Waals surface area contributed by atoms with E-state index in [0.29, 0.717) is 12.8 Å². The van der Waals surface area contributed by atoms with E-state index in [2.05, 4.69) is 10.3 Å². The van der Waals surface area contributed by atoms with Crippen LogP contribution in [-0.2, 0) is 14.4 Å². The van der Waals surface area contributed by atoms with Crippen LogP contribution in [0.3, 0.4) is 0 Å². The van der Waals surface area contributed by atoms with Crippen LogP contribution in [0.25, 0.3) is 10.9 Å². The third-order valence-corrected chi connectivity index (χ3v) is 8.32. The molecule has 1 amide bonds. The first-order valence-corrected chi connectivity index (χ1v) is 12.1. The molecule has 2 saturated carbocycles. The van der Waals surface area contributed by atoms with Gasteiger partial charge in [0.2, 0.25) is 5.91 Å². The topological polar surface area (TPSA) is 111 Å². The Balaban J connectivity index is 1.69. The van der Waals surface area contributed by atoms with Crippen molar-refractivity contribution in [1.82, 2.24) is 15.8 Å². The number of H-pyrrole nitrogens is 1. The minimum absolute atomic E-state index is 0.0149. The van der Waals surface area contributed by atoms with Gasteiger partial charge in [0.15, 0.2) is 5.78 Å². The van der Waals surface area contributed by atoms with Gasteiger partial charge in [-0.25, -0.2) is 4.39 Å². The minimum atomic E-state index is -0.829. The predicted octanol–water partition coefficient (Wildman–Crippen LogP) is 3.86. The highest BCUT2D eigenvalue weighted by Crippen LogP contribution is 2.64. The number of hydrogen-bond acceptors (Lipinski definition) is 5. The molecule has 1 aromatic heterocycles. The summed E-state index contributed by atoms with van der Waals surface area (Å²) < 4.78 is 13.8. The summed E-state index contributed by atoms with van der Waals surface area (Å²) in [7, 11) is 0. The van der Waals surface area contributed by atoms with Crippen molar-refractivity contribution in [3.05, 3.63) is 35.8 Å². The van der Waals surface area contributed by atoms with Crippen LogP contribution in [0.15, 0.2) is 24.4 Å². The van der Waals surface area contributed by atoms with Crippen molar-refractivity contribution in [3.63, 3.8) is 0 Å². The summed E-state index contributed by atoms with van der Waals surface area (Å²) in [6.07, 6.45) is 4.76. The molecule has 0 aliphatic heterocycles. The highest BCUT2D eigenvalue weighted by atomic mass is 19.1. The molecule has 2 aromatic rings. The molecule has 7 nitrogen and oxygen atoms in total. The lowest BCUT2D eigenvalue weighted by molar-refractivity contribution is -0.136. The van der Waals surface area contributed by atoms with Crippen LogP contribution in [0.1, 0.15) is 64.9 Å². The molecule has 4 N–H and O–H groups in total. The standard InChI is InChI=1S/C26H34FN3O4/c1-13(31)9-16-10-20(21-12-28-22-11-17(27)5-6-19(21)22)23-18(16)7-8-26(23,4)24(32)14(2)29-25(33)15(3)30-34/h5-6,11-12,14-16,18,20,23,28,30,34H,7-10H2,1-4H3,(H,29,33). The van der Waals surface area contributed by atoms with Gasteiger partial charge in [0.05, 0.1) is 6.04 Å². The number of rotatable bonds is 8. The van der Waals surface area contributed by atoms with E-state index >= 15 is 0 Å². The quantitative estimate of drug-likeness (QED) is 0.437. The zero-order chi connectivity index (χ0) is 24.8. The summed E-state index contributed by atoms with van der Waals surface area (Å²) in [5, 5.41) is 12.7. The number of aromatic nitrogens is 1. The number of hydrogen-bond donors (Lipinski definition) is 4. The van der Waals surface area contributed by atoms with Crippen molar-refractivity contribution in [1.29, 1.82) is 0 Å². The van der Waals surface area contributed by atoms with Crippen LogP contribution < -0.4 is 10.8 Å². The number of aromatic amines is 1. The zero-order valence-corrected chi connectivity index (χ0v) is 20.2. The molecule has 2 aliphatic rings. The number of halogens is 1. The van der Waals surface area contributed by atoms with Crippen molar-refractivity contribution >= 4 is 28.4 Å². The van der Waals surface area contributed by atoms with Crippen LogP contribution >= 0.6 is 0 Å². The van der Waals surface area contributed by atoms with E-state index in [0.717, 1.165) is 29.3 Å². The number of fused-ring (bicyclic) bond motifs is 2. The van der Waals surface area contributed by atoms with Gasteiger partial charge in [-0.05, 0) is 87.5 Å². The lowest BCUT2D eigenvalue weighted by atomic mass is 9.67. The first-order valence-electron chi connectivity index (χ1n) is 12.1. The number of benzene rings is 1. The van der Waals surface area contributed by atoms with Crippen LogP contribution in [0.5, 0.6) is 0 Å². The summed E-state index contributed by atoms with van der Waals surface area (Å²) in [5.41, 5.74) is 3.02. The average Bonchev–Trinajstić information content (AvgIpc) is 3.46. The van der Waals surface area contributed by atoms with Crippen LogP contribution in [-0.4, -0.2) is 39.7 Å². The SMILES string of the molecule is CC(=O)CC1CC(c2c[nH]c3cc(F)ccc23)C2C1CCC2(C)C(=O)C(C)NC(=O)C(C)NO. The van der Waals surface area contributed by atoms with Gasteiger partial charge in [-0.3, -0.25) is 9.59 Å². The molecule has 184 valence electrons. The summed E-state index contributed by atoms with van der Waals surface area (Å²) in [5.74, 6) is -0.152. The molecule has 34 heavy (non-hydrogen) atoms. The van der Waals surface area contributed by atoms with E-state index in [-0.39, 0.29) is 41.1 Å². The molecule has 0 spiro atoms. The summed E-state index contributed by atoms with van der Waals surface area (Å²) in [6, 6.07) is 3.17. The Morgan fingerprint density at radius 1 is 1.26 bits per heavy atom. The maximum Gasteiger partial charge on any atom is 0.239 e. The number of carbonyl (C=O) groups excluding carboxylic acids is 3. The Morgan fingerprint density at radius 3 is 2.68 bits per heavy atom. The fourth-order valence-corrected chi connectivity index (χ4v) is 6.80. The van der Waals surface area contributed by atoms with Crippen LogP contribution in [0, 0.1) is 29.0 Å². The number of hydroxylamine groups is 1. The van der Waals surface area contributed by atoms with E-state index < -0.39 is 23.4 Å². The van der Waals surface area contributed by atoms with Gasteiger partial charge in [0.25, 0.3) is 0 Å². The van der Waals surface area contributed by atoms with E-state index in [4.69, 9.17) is 5.21 Å². The molecule has 0 radical (unpaired) electrons. The first-order chi connectivity index (χ1) is 16.1.